The fraction of sp³-hybridized carbons (Fsp3) is 0.667. The zero-order valence-corrected chi connectivity index (χ0v) is 12.8. The second-order valence-electron chi connectivity index (χ2n) is 6.79. The normalized spacial score (nSPS) is 26.4. The first-order chi connectivity index (χ1) is 10.4. The first-order valence-electron chi connectivity index (χ1n) is 8.64. The van der Waals surface area contributed by atoms with Gasteiger partial charge in [0.1, 0.15) is 12.4 Å². The Balaban J connectivity index is 1.52. The van der Waals surface area contributed by atoms with E-state index in [1.54, 1.807) is 0 Å². The van der Waals surface area contributed by atoms with E-state index in [2.05, 4.69) is 28.4 Å². The largest absolute Gasteiger partial charge is 0.489 e. The van der Waals surface area contributed by atoms with Crippen molar-refractivity contribution in [1.82, 2.24) is 4.90 Å². The van der Waals surface area contributed by atoms with Gasteiger partial charge in [-0.25, -0.2) is 0 Å². The molecule has 21 heavy (non-hydrogen) atoms. The maximum absolute atomic E-state index is 5.94. The number of benzene rings is 1. The molecule has 2 aliphatic heterocycles. The second kappa shape index (κ2) is 5.88. The number of likely N-dealkylation sites (tertiary alicyclic amines) is 1. The minimum Gasteiger partial charge on any atom is -0.489 e. The van der Waals surface area contributed by atoms with E-state index in [1.165, 1.54) is 56.3 Å². The first-order valence-corrected chi connectivity index (χ1v) is 8.64. The van der Waals surface area contributed by atoms with Gasteiger partial charge < -0.3 is 10.1 Å². The van der Waals surface area contributed by atoms with E-state index in [9.17, 15) is 0 Å². The van der Waals surface area contributed by atoms with Gasteiger partial charge >= 0.3 is 0 Å². The number of hydrogen-bond donors (Lipinski definition) is 1. The van der Waals surface area contributed by atoms with Crippen molar-refractivity contribution in [1.29, 1.82) is 0 Å². The van der Waals surface area contributed by atoms with Gasteiger partial charge in [0.05, 0.1) is 5.69 Å². The molecule has 1 aromatic carbocycles. The fourth-order valence-electron chi connectivity index (χ4n) is 4.50. The minimum absolute atomic E-state index is 0.788. The lowest BCUT2D eigenvalue weighted by Gasteiger charge is -2.31. The molecule has 4 rings (SSSR count). The van der Waals surface area contributed by atoms with Crippen LogP contribution in [0.15, 0.2) is 18.2 Å². The molecule has 3 heteroatoms. The Morgan fingerprint density at radius 3 is 2.95 bits per heavy atom. The number of nitrogens with one attached hydrogen (secondary N) is 1. The third-order valence-electron chi connectivity index (χ3n) is 5.49. The van der Waals surface area contributed by atoms with Gasteiger partial charge in [0.25, 0.3) is 0 Å². The summed E-state index contributed by atoms with van der Waals surface area (Å²) in [6.45, 7) is 4.03. The zero-order valence-electron chi connectivity index (χ0n) is 12.8. The summed E-state index contributed by atoms with van der Waals surface area (Å²) in [5, 5.41) is 3.45. The molecule has 1 atom stereocenters. The highest BCUT2D eigenvalue weighted by Crippen LogP contribution is 2.38. The molecule has 2 fully saturated rings. The molecule has 3 nitrogen and oxygen atoms in total. The van der Waals surface area contributed by atoms with Crippen LogP contribution in [0, 0.1) is 5.92 Å². The summed E-state index contributed by atoms with van der Waals surface area (Å²) in [6, 6.07) is 7.36. The number of nitrogens with zero attached hydrogens (tertiary/aromatic N) is 1. The Morgan fingerprint density at radius 1 is 1.14 bits per heavy atom. The molecule has 0 radical (unpaired) electrons. The highest BCUT2D eigenvalue weighted by molar-refractivity contribution is 5.61. The summed E-state index contributed by atoms with van der Waals surface area (Å²) in [7, 11) is 0. The highest BCUT2D eigenvalue weighted by Gasteiger charge is 2.33. The van der Waals surface area contributed by atoms with Crippen LogP contribution in [0.2, 0.25) is 0 Å². The zero-order chi connectivity index (χ0) is 14.1. The molecule has 0 bridgehead atoms. The number of fused-ring (bicyclic) bond motifs is 1. The Bertz CT molecular complexity index is 496. The van der Waals surface area contributed by atoms with Crippen LogP contribution in [0.4, 0.5) is 5.69 Å². The third kappa shape index (κ3) is 2.64. The quantitative estimate of drug-likeness (QED) is 0.918. The van der Waals surface area contributed by atoms with Gasteiger partial charge in [0.2, 0.25) is 0 Å². The molecular weight excluding hydrogens is 260 g/mol. The SMILES string of the molecule is c1cc(CN2CCCC2C2CCCC2)c2c(c1)NCCO2. The summed E-state index contributed by atoms with van der Waals surface area (Å²) < 4.78 is 5.94. The smallest absolute Gasteiger partial charge is 0.146 e. The molecule has 1 aromatic rings. The van der Waals surface area contributed by atoms with Crippen LogP contribution in [-0.4, -0.2) is 30.6 Å². The lowest BCUT2D eigenvalue weighted by atomic mass is 9.95. The number of para-hydroxylation sites is 1. The van der Waals surface area contributed by atoms with Crippen LogP contribution in [0.1, 0.15) is 44.1 Å². The molecule has 3 aliphatic rings. The standard InChI is InChI=1S/C18H26N2O/c1-2-6-14(5-1)17-9-4-11-20(17)13-15-7-3-8-16-18(15)21-12-10-19-16/h3,7-8,14,17,19H,1-2,4-6,9-13H2. The molecule has 1 saturated heterocycles. The van der Waals surface area contributed by atoms with Crippen LogP contribution >= 0.6 is 0 Å². The molecule has 114 valence electrons. The number of ether oxygens (including phenoxy) is 1. The van der Waals surface area contributed by atoms with Gasteiger partial charge in [-0.05, 0) is 44.2 Å². The molecule has 0 amide bonds. The van der Waals surface area contributed by atoms with Crippen molar-refractivity contribution in [2.75, 3.05) is 25.0 Å². The van der Waals surface area contributed by atoms with E-state index in [0.29, 0.717) is 0 Å². The molecule has 0 spiro atoms. The van der Waals surface area contributed by atoms with Gasteiger partial charge in [-0.1, -0.05) is 25.0 Å². The second-order valence-corrected chi connectivity index (χ2v) is 6.79. The van der Waals surface area contributed by atoms with E-state index in [4.69, 9.17) is 4.74 Å². The molecule has 0 aromatic heterocycles. The highest BCUT2D eigenvalue weighted by atomic mass is 16.5. The van der Waals surface area contributed by atoms with E-state index in [0.717, 1.165) is 37.4 Å². The summed E-state index contributed by atoms with van der Waals surface area (Å²) in [6.07, 6.45) is 8.57. The molecule has 2 heterocycles. The maximum atomic E-state index is 5.94. The molecule has 1 saturated carbocycles. The molecular formula is C18H26N2O. The van der Waals surface area contributed by atoms with Crippen molar-refractivity contribution in [2.24, 2.45) is 5.92 Å². The van der Waals surface area contributed by atoms with Gasteiger partial charge in [0.15, 0.2) is 0 Å². The van der Waals surface area contributed by atoms with Gasteiger partial charge in [-0.2, -0.15) is 0 Å². The van der Waals surface area contributed by atoms with Crippen LogP contribution in [0.25, 0.3) is 0 Å². The van der Waals surface area contributed by atoms with Crippen molar-refractivity contribution in [3.63, 3.8) is 0 Å². The fourth-order valence-corrected chi connectivity index (χ4v) is 4.50. The molecule has 1 unspecified atom stereocenters. The van der Waals surface area contributed by atoms with Crippen LogP contribution < -0.4 is 10.1 Å². The van der Waals surface area contributed by atoms with E-state index >= 15 is 0 Å². The lowest BCUT2D eigenvalue weighted by molar-refractivity contribution is 0.180. The lowest BCUT2D eigenvalue weighted by Crippen LogP contribution is -2.34. The summed E-state index contributed by atoms with van der Waals surface area (Å²) in [4.78, 5) is 2.73. The number of hydrogen-bond acceptors (Lipinski definition) is 3. The summed E-state index contributed by atoms with van der Waals surface area (Å²) in [5.74, 6) is 2.05. The summed E-state index contributed by atoms with van der Waals surface area (Å²) in [5.41, 5.74) is 2.54. The van der Waals surface area contributed by atoms with Crippen molar-refractivity contribution < 1.29 is 4.74 Å². The predicted molar refractivity (Wildman–Crippen MR) is 85.8 cm³/mol. The van der Waals surface area contributed by atoms with E-state index < -0.39 is 0 Å². The Kier molecular flexibility index (Phi) is 3.76. The van der Waals surface area contributed by atoms with Gasteiger partial charge in [0, 0.05) is 24.7 Å². The topological polar surface area (TPSA) is 24.5 Å². The average Bonchev–Trinajstić information content (AvgIpc) is 3.18. The van der Waals surface area contributed by atoms with Crippen molar-refractivity contribution in [2.45, 2.75) is 51.1 Å². The van der Waals surface area contributed by atoms with Crippen molar-refractivity contribution in [3.05, 3.63) is 23.8 Å². The number of rotatable bonds is 3. The van der Waals surface area contributed by atoms with Gasteiger partial charge in [-0.15, -0.1) is 0 Å². The monoisotopic (exact) mass is 286 g/mol. The Labute approximate surface area is 127 Å². The van der Waals surface area contributed by atoms with E-state index in [-0.39, 0.29) is 0 Å². The Morgan fingerprint density at radius 2 is 2.05 bits per heavy atom. The van der Waals surface area contributed by atoms with Crippen molar-refractivity contribution >= 4 is 5.69 Å². The average molecular weight is 286 g/mol. The molecule has 1 N–H and O–H groups in total. The van der Waals surface area contributed by atoms with E-state index in [1.807, 2.05) is 0 Å². The third-order valence-corrected chi connectivity index (χ3v) is 5.49. The Hall–Kier alpha value is -1.22. The van der Waals surface area contributed by atoms with Crippen molar-refractivity contribution in [3.8, 4) is 5.75 Å². The first kappa shape index (κ1) is 13.4. The maximum Gasteiger partial charge on any atom is 0.146 e. The summed E-state index contributed by atoms with van der Waals surface area (Å²) >= 11 is 0. The minimum atomic E-state index is 0.788. The van der Waals surface area contributed by atoms with Crippen LogP contribution in [0.5, 0.6) is 5.75 Å². The van der Waals surface area contributed by atoms with Gasteiger partial charge in [-0.3, -0.25) is 4.90 Å². The van der Waals surface area contributed by atoms with Crippen LogP contribution in [0.3, 0.4) is 0 Å². The molecule has 1 aliphatic carbocycles. The van der Waals surface area contributed by atoms with Crippen LogP contribution in [-0.2, 0) is 6.54 Å². The number of anilines is 1. The predicted octanol–water partition coefficient (Wildman–Crippen LogP) is 3.65.